The number of carbonyl (C=O) groups excluding carboxylic acids is 1. The lowest BCUT2D eigenvalue weighted by molar-refractivity contribution is -0.138. The van der Waals surface area contributed by atoms with E-state index in [0.29, 0.717) is 19.4 Å². The molecule has 0 saturated carbocycles. The maximum atomic E-state index is 11.5. The van der Waals surface area contributed by atoms with Crippen LogP contribution in [0.15, 0.2) is 18.2 Å². The topological polar surface area (TPSA) is 95.7 Å². The van der Waals surface area contributed by atoms with E-state index >= 15 is 0 Å². The van der Waals surface area contributed by atoms with Gasteiger partial charge in [-0.25, -0.2) is 0 Å². The molecule has 1 amide bonds. The zero-order valence-corrected chi connectivity index (χ0v) is 10.7. The first-order valence-electron chi connectivity index (χ1n) is 6.11. The van der Waals surface area contributed by atoms with Gasteiger partial charge in [0, 0.05) is 25.0 Å². The largest absolute Gasteiger partial charge is 0.480 e. The average Bonchev–Trinajstić information content (AvgIpc) is 2.64. The number of carboxylic acid groups (broad SMARTS) is 1. The number of carbonyl (C=O) groups is 2. The summed E-state index contributed by atoms with van der Waals surface area (Å²) in [6.45, 7) is 0.482. The molecule has 19 heavy (non-hydrogen) atoms. The lowest BCUT2D eigenvalue weighted by Gasteiger charge is -2.12. The molecule has 1 aromatic carbocycles. The van der Waals surface area contributed by atoms with Gasteiger partial charge in [-0.05, 0) is 30.2 Å². The number of benzene rings is 1. The van der Waals surface area contributed by atoms with E-state index in [9.17, 15) is 9.59 Å². The number of amides is 1. The summed E-state index contributed by atoms with van der Waals surface area (Å²) < 4.78 is 0. The lowest BCUT2D eigenvalue weighted by atomic mass is 10.1. The van der Waals surface area contributed by atoms with Crippen LogP contribution in [0, 0.1) is 0 Å². The fourth-order valence-electron chi connectivity index (χ4n) is 2.08. The van der Waals surface area contributed by atoms with E-state index in [0.717, 1.165) is 16.9 Å². The Morgan fingerprint density at radius 3 is 3.00 bits per heavy atom. The smallest absolute Gasteiger partial charge is 0.320 e. The minimum Gasteiger partial charge on any atom is -0.480 e. The number of nitrogens with zero attached hydrogens (tertiary/aromatic N) is 1. The summed E-state index contributed by atoms with van der Waals surface area (Å²) in [7, 11) is 1.76. The van der Waals surface area contributed by atoms with Gasteiger partial charge >= 0.3 is 5.97 Å². The highest BCUT2D eigenvalue weighted by molar-refractivity contribution is 6.01. The third-order valence-corrected chi connectivity index (χ3v) is 3.26. The standard InChI is InChI=1S/C13H17N3O3/c1-16-11-3-2-9(6-8(11)7-12(16)17)15-5-4-10(14)13(18)19/h2-3,6,10,15H,4-5,7,14H2,1H3,(H,18,19). The van der Waals surface area contributed by atoms with Gasteiger partial charge in [0.05, 0.1) is 6.42 Å². The van der Waals surface area contributed by atoms with Crippen LogP contribution in [0.3, 0.4) is 0 Å². The van der Waals surface area contributed by atoms with E-state index in [2.05, 4.69) is 5.32 Å². The quantitative estimate of drug-likeness (QED) is 0.715. The average molecular weight is 263 g/mol. The molecule has 1 aliphatic rings. The van der Waals surface area contributed by atoms with Crippen LogP contribution in [-0.2, 0) is 16.0 Å². The summed E-state index contributed by atoms with van der Waals surface area (Å²) in [5.41, 5.74) is 8.21. The molecule has 1 atom stereocenters. The summed E-state index contributed by atoms with van der Waals surface area (Å²) in [6.07, 6.45) is 0.765. The fraction of sp³-hybridized carbons (Fsp3) is 0.385. The van der Waals surface area contributed by atoms with E-state index in [-0.39, 0.29) is 5.91 Å². The van der Waals surface area contributed by atoms with Crippen molar-refractivity contribution in [3.05, 3.63) is 23.8 Å². The van der Waals surface area contributed by atoms with Crippen molar-refractivity contribution in [3.63, 3.8) is 0 Å². The number of nitrogens with two attached hydrogens (primary N) is 1. The van der Waals surface area contributed by atoms with Crippen molar-refractivity contribution < 1.29 is 14.7 Å². The molecular weight excluding hydrogens is 246 g/mol. The first-order valence-corrected chi connectivity index (χ1v) is 6.11. The Bertz CT molecular complexity index is 516. The van der Waals surface area contributed by atoms with Gasteiger partial charge in [0.2, 0.25) is 5.91 Å². The number of hydrogen-bond acceptors (Lipinski definition) is 4. The minimum absolute atomic E-state index is 0.0834. The van der Waals surface area contributed by atoms with Crippen molar-refractivity contribution in [2.24, 2.45) is 5.73 Å². The van der Waals surface area contributed by atoms with Crippen molar-refractivity contribution in [1.29, 1.82) is 0 Å². The van der Waals surface area contributed by atoms with Gasteiger partial charge in [0.25, 0.3) is 0 Å². The molecule has 0 aromatic heterocycles. The molecule has 2 rings (SSSR count). The third kappa shape index (κ3) is 2.85. The number of carboxylic acids is 1. The molecule has 6 nitrogen and oxygen atoms in total. The Morgan fingerprint density at radius 1 is 1.58 bits per heavy atom. The van der Waals surface area contributed by atoms with E-state index in [1.807, 2.05) is 18.2 Å². The van der Waals surface area contributed by atoms with Crippen LogP contribution in [0.4, 0.5) is 11.4 Å². The molecule has 0 spiro atoms. The summed E-state index contributed by atoms with van der Waals surface area (Å²) in [5, 5.41) is 11.8. The Balaban J connectivity index is 1.95. The number of hydrogen-bond donors (Lipinski definition) is 3. The maximum Gasteiger partial charge on any atom is 0.320 e. The molecule has 4 N–H and O–H groups in total. The highest BCUT2D eigenvalue weighted by atomic mass is 16.4. The van der Waals surface area contributed by atoms with Crippen LogP contribution in [0.5, 0.6) is 0 Å². The molecule has 1 unspecified atom stereocenters. The first kappa shape index (κ1) is 13.4. The van der Waals surface area contributed by atoms with Crippen molar-refractivity contribution in [1.82, 2.24) is 0 Å². The predicted molar refractivity (Wildman–Crippen MR) is 72.3 cm³/mol. The molecular formula is C13H17N3O3. The number of anilines is 2. The van der Waals surface area contributed by atoms with E-state index < -0.39 is 12.0 Å². The van der Waals surface area contributed by atoms with Crippen molar-refractivity contribution in [2.75, 3.05) is 23.8 Å². The van der Waals surface area contributed by atoms with Crippen LogP contribution >= 0.6 is 0 Å². The monoisotopic (exact) mass is 263 g/mol. The Morgan fingerprint density at radius 2 is 2.32 bits per heavy atom. The number of likely N-dealkylation sites (N-methyl/N-ethyl adjacent to an activating group) is 1. The number of aliphatic carboxylic acids is 1. The van der Waals surface area contributed by atoms with Crippen LogP contribution in [0.2, 0.25) is 0 Å². The summed E-state index contributed by atoms with van der Waals surface area (Å²) in [5.74, 6) is -0.914. The van der Waals surface area contributed by atoms with Crippen LogP contribution in [-0.4, -0.2) is 36.6 Å². The first-order chi connectivity index (χ1) is 8.99. The molecule has 0 bridgehead atoms. The van der Waals surface area contributed by atoms with E-state index in [1.165, 1.54) is 0 Å². The highest BCUT2D eigenvalue weighted by Gasteiger charge is 2.23. The van der Waals surface area contributed by atoms with Gasteiger partial charge in [-0.15, -0.1) is 0 Å². The fourth-order valence-corrected chi connectivity index (χ4v) is 2.08. The van der Waals surface area contributed by atoms with Gasteiger partial charge < -0.3 is 21.1 Å². The van der Waals surface area contributed by atoms with Crippen molar-refractivity contribution in [3.8, 4) is 0 Å². The van der Waals surface area contributed by atoms with E-state index in [1.54, 1.807) is 11.9 Å². The van der Waals surface area contributed by atoms with Crippen LogP contribution in [0.25, 0.3) is 0 Å². The van der Waals surface area contributed by atoms with Crippen molar-refractivity contribution >= 4 is 23.3 Å². The van der Waals surface area contributed by atoms with E-state index in [4.69, 9.17) is 10.8 Å². The lowest BCUT2D eigenvalue weighted by Crippen LogP contribution is -2.32. The molecule has 1 aliphatic heterocycles. The molecule has 0 aliphatic carbocycles. The predicted octanol–water partition coefficient (Wildman–Crippen LogP) is 0.419. The van der Waals surface area contributed by atoms with Crippen LogP contribution in [0.1, 0.15) is 12.0 Å². The minimum atomic E-state index is -0.997. The molecule has 102 valence electrons. The molecule has 0 fully saturated rings. The second-order valence-electron chi connectivity index (χ2n) is 4.63. The SMILES string of the molecule is CN1C(=O)Cc2cc(NCCC(N)C(=O)O)ccc21. The molecule has 1 aromatic rings. The van der Waals surface area contributed by atoms with Crippen molar-refractivity contribution in [2.45, 2.75) is 18.9 Å². The number of nitrogens with one attached hydrogen (secondary N) is 1. The molecule has 0 radical (unpaired) electrons. The zero-order chi connectivity index (χ0) is 14.0. The Hall–Kier alpha value is -2.08. The molecule has 6 heteroatoms. The second kappa shape index (κ2) is 5.27. The van der Waals surface area contributed by atoms with Gasteiger partial charge in [0.15, 0.2) is 0 Å². The third-order valence-electron chi connectivity index (χ3n) is 3.26. The van der Waals surface area contributed by atoms with Gasteiger partial charge in [-0.3, -0.25) is 9.59 Å². The normalized spacial score (nSPS) is 15.3. The number of fused-ring (bicyclic) bond motifs is 1. The summed E-state index contributed by atoms with van der Waals surface area (Å²) in [6, 6.07) is 4.83. The van der Waals surface area contributed by atoms with Gasteiger partial charge in [0.1, 0.15) is 6.04 Å². The van der Waals surface area contributed by atoms with Gasteiger partial charge in [-0.1, -0.05) is 0 Å². The summed E-state index contributed by atoms with van der Waals surface area (Å²) in [4.78, 5) is 23.8. The Labute approximate surface area is 111 Å². The summed E-state index contributed by atoms with van der Waals surface area (Å²) >= 11 is 0. The number of rotatable bonds is 5. The molecule has 1 heterocycles. The highest BCUT2D eigenvalue weighted by Crippen LogP contribution is 2.29. The zero-order valence-electron chi connectivity index (χ0n) is 10.7. The van der Waals surface area contributed by atoms with Gasteiger partial charge in [-0.2, -0.15) is 0 Å². The maximum absolute atomic E-state index is 11.5. The van der Waals surface area contributed by atoms with Crippen LogP contribution < -0.4 is 16.0 Å². The Kier molecular flexibility index (Phi) is 3.71. The second-order valence-corrected chi connectivity index (χ2v) is 4.63. The molecule has 0 saturated heterocycles.